The summed E-state index contributed by atoms with van der Waals surface area (Å²) < 4.78 is 5.79. The number of pyridine rings is 1. The zero-order valence-corrected chi connectivity index (χ0v) is 12.6. The van der Waals surface area contributed by atoms with E-state index >= 15 is 0 Å². The minimum absolute atomic E-state index is 0.449. The SMILES string of the molecule is CCCNc1cccc(COc2ccc(Cl)cc2C)n1. The van der Waals surface area contributed by atoms with Gasteiger partial charge in [-0.3, -0.25) is 0 Å². The molecule has 2 rings (SSSR count). The van der Waals surface area contributed by atoms with E-state index in [4.69, 9.17) is 16.3 Å². The second kappa shape index (κ2) is 7.15. The highest BCUT2D eigenvalue weighted by molar-refractivity contribution is 6.30. The molecule has 1 aromatic heterocycles. The molecule has 2 aromatic rings. The zero-order valence-electron chi connectivity index (χ0n) is 11.8. The van der Waals surface area contributed by atoms with Crippen LogP contribution in [0.15, 0.2) is 36.4 Å². The van der Waals surface area contributed by atoms with Crippen LogP contribution in [0.4, 0.5) is 5.82 Å². The third kappa shape index (κ3) is 4.14. The number of halogens is 1. The van der Waals surface area contributed by atoms with Crippen LogP contribution in [-0.4, -0.2) is 11.5 Å². The topological polar surface area (TPSA) is 34.1 Å². The average Bonchev–Trinajstić information content (AvgIpc) is 2.45. The maximum atomic E-state index is 5.93. The van der Waals surface area contributed by atoms with Gasteiger partial charge in [0.05, 0.1) is 5.69 Å². The minimum Gasteiger partial charge on any atom is -0.487 e. The molecule has 4 heteroatoms. The van der Waals surface area contributed by atoms with Crippen molar-refractivity contribution in [3.63, 3.8) is 0 Å². The van der Waals surface area contributed by atoms with Gasteiger partial charge in [0.25, 0.3) is 0 Å². The molecule has 0 aliphatic rings. The van der Waals surface area contributed by atoms with Crippen LogP contribution >= 0.6 is 11.6 Å². The number of benzene rings is 1. The predicted molar refractivity (Wildman–Crippen MR) is 83.5 cm³/mol. The molecule has 0 bridgehead atoms. The summed E-state index contributed by atoms with van der Waals surface area (Å²) in [7, 11) is 0. The van der Waals surface area contributed by atoms with Gasteiger partial charge in [0.15, 0.2) is 0 Å². The number of aryl methyl sites for hydroxylation is 1. The Kier molecular flexibility index (Phi) is 5.24. The Hall–Kier alpha value is -1.74. The Morgan fingerprint density at radius 3 is 2.85 bits per heavy atom. The van der Waals surface area contributed by atoms with E-state index in [0.29, 0.717) is 6.61 Å². The lowest BCUT2D eigenvalue weighted by molar-refractivity contribution is 0.299. The summed E-state index contributed by atoms with van der Waals surface area (Å²) in [6.45, 7) is 5.48. The van der Waals surface area contributed by atoms with E-state index < -0.39 is 0 Å². The lowest BCUT2D eigenvalue weighted by atomic mass is 10.2. The van der Waals surface area contributed by atoms with Gasteiger partial charge in [-0.15, -0.1) is 0 Å². The van der Waals surface area contributed by atoms with Crippen LogP contribution in [0.5, 0.6) is 5.75 Å². The molecule has 0 fully saturated rings. The standard InChI is InChI=1S/C16H19ClN2O/c1-3-9-18-16-6-4-5-14(19-16)11-20-15-8-7-13(17)10-12(15)2/h4-8,10H,3,9,11H2,1-2H3,(H,18,19). The summed E-state index contributed by atoms with van der Waals surface area (Å²) in [6.07, 6.45) is 1.08. The third-order valence-electron chi connectivity index (χ3n) is 2.88. The largest absolute Gasteiger partial charge is 0.487 e. The molecule has 0 atom stereocenters. The quantitative estimate of drug-likeness (QED) is 0.854. The molecular weight excluding hydrogens is 272 g/mol. The van der Waals surface area contributed by atoms with Crippen LogP contribution in [0.2, 0.25) is 5.02 Å². The summed E-state index contributed by atoms with van der Waals surface area (Å²) in [6, 6.07) is 11.5. The first-order valence-corrected chi connectivity index (χ1v) is 7.15. The van der Waals surface area contributed by atoms with Crippen molar-refractivity contribution < 1.29 is 4.74 Å². The Labute approximate surface area is 124 Å². The average molecular weight is 291 g/mol. The predicted octanol–water partition coefficient (Wildman–Crippen LogP) is 4.44. The lowest BCUT2D eigenvalue weighted by Crippen LogP contribution is -2.05. The van der Waals surface area contributed by atoms with Gasteiger partial charge in [-0.1, -0.05) is 24.6 Å². The molecule has 0 aliphatic heterocycles. The number of rotatable bonds is 6. The molecule has 0 saturated heterocycles. The van der Waals surface area contributed by atoms with Gasteiger partial charge in [-0.25, -0.2) is 4.98 Å². The number of hydrogen-bond donors (Lipinski definition) is 1. The Balaban J connectivity index is 1.99. The van der Waals surface area contributed by atoms with E-state index in [-0.39, 0.29) is 0 Å². The molecule has 20 heavy (non-hydrogen) atoms. The fraction of sp³-hybridized carbons (Fsp3) is 0.312. The number of ether oxygens (including phenoxy) is 1. The van der Waals surface area contributed by atoms with Crippen molar-refractivity contribution in [2.24, 2.45) is 0 Å². The number of aromatic nitrogens is 1. The van der Waals surface area contributed by atoms with Crippen LogP contribution in [-0.2, 0) is 6.61 Å². The molecule has 0 spiro atoms. The molecule has 3 nitrogen and oxygen atoms in total. The lowest BCUT2D eigenvalue weighted by Gasteiger charge is -2.10. The van der Waals surface area contributed by atoms with E-state index in [1.54, 1.807) is 0 Å². The van der Waals surface area contributed by atoms with Gasteiger partial charge in [-0.2, -0.15) is 0 Å². The molecule has 0 aliphatic carbocycles. The van der Waals surface area contributed by atoms with Crippen LogP contribution in [0.1, 0.15) is 24.6 Å². The molecule has 106 valence electrons. The first kappa shape index (κ1) is 14.7. The normalized spacial score (nSPS) is 10.3. The smallest absolute Gasteiger partial charge is 0.130 e. The molecular formula is C16H19ClN2O. The van der Waals surface area contributed by atoms with E-state index in [2.05, 4.69) is 17.2 Å². The minimum atomic E-state index is 0.449. The van der Waals surface area contributed by atoms with Gasteiger partial charge in [0.1, 0.15) is 18.2 Å². The number of hydrogen-bond acceptors (Lipinski definition) is 3. The second-order valence-corrected chi connectivity index (χ2v) is 5.08. The van der Waals surface area contributed by atoms with Crippen molar-refractivity contribution in [1.82, 2.24) is 4.98 Å². The van der Waals surface area contributed by atoms with Crippen molar-refractivity contribution in [1.29, 1.82) is 0 Å². The first-order chi connectivity index (χ1) is 9.69. The fourth-order valence-electron chi connectivity index (χ4n) is 1.84. The summed E-state index contributed by atoms with van der Waals surface area (Å²) in [5.74, 6) is 1.73. The highest BCUT2D eigenvalue weighted by Gasteiger charge is 2.02. The van der Waals surface area contributed by atoms with Crippen molar-refractivity contribution in [2.45, 2.75) is 26.9 Å². The monoisotopic (exact) mass is 290 g/mol. The summed E-state index contributed by atoms with van der Waals surface area (Å²) >= 11 is 5.93. The van der Waals surface area contributed by atoms with Gasteiger partial charge in [0.2, 0.25) is 0 Å². The zero-order chi connectivity index (χ0) is 14.4. The molecule has 0 amide bonds. The molecule has 0 saturated carbocycles. The number of nitrogens with one attached hydrogen (secondary N) is 1. The molecule has 0 radical (unpaired) electrons. The third-order valence-corrected chi connectivity index (χ3v) is 3.11. The maximum absolute atomic E-state index is 5.93. The molecule has 1 aromatic carbocycles. The molecule has 1 N–H and O–H groups in total. The van der Waals surface area contributed by atoms with Crippen LogP contribution in [0.25, 0.3) is 0 Å². The Bertz CT molecular complexity index is 572. The summed E-state index contributed by atoms with van der Waals surface area (Å²) in [4.78, 5) is 4.51. The number of anilines is 1. The van der Waals surface area contributed by atoms with Crippen LogP contribution < -0.4 is 10.1 Å². The first-order valence-electron chi connectivity index (χ1n) is 6.78. The molecule has 0 unspecified atom stereocenters. The van der Waals surface area contributed by atoms with Crippen molar-refractivity contribution >= 4 is 17.4 Å². The van der Waals surface area contributed by atoms with Gasteiger partial charge < -0.3 is 10.1 Å². The van der Waals surface area contributed by atoms with Crippen molar-refractivity contribution in [3.05, 3.63) is 52.7 Å². The van der Waals surface area contributed by atoms with Gasteiger partial charge in [0, 0.05) is 11.6 Å². The highest BCUT2D eigenvalue weighted by Crippen LogP contribution is 2.22. The van der Waals surface area contributed by atoms with E-state index in [0.717, 1.165) is 40.8 Å². The van der Waals surface area contributed by atoms with Crippen molar-refractivity contribution in [3.8, 4) is 5.75 Å². The van der Waals surface area contributed by atoms with E-state index in [1.807, 2.05) is 43.3 Å². The molecule has 1 heterocycles. The number of nitrogens with zero attached hydrogens (tertiary/aromatic N) is 1. The van der Waals surface area contributed by atoms with Crippen molar-refractivity contribution in [2.75, 3.05) is 11.9 Å². The van der Waals surface area contributed by atoms with Gasteiger partial charge >= 0.3 is 0 Å². The Morgan fingerprint density at radius 1 is 1.25 bits per heavy atom. The maximum Gasteiger partial charge on any atom is 0.130 e. The summed E-state index contributed by atoms with van der Waals surface area (Å²) in [5, 5.41) is 3.99. The van der Waals surface area contributed by atoms with E-state index in [1.165, 1.54) is 0 Å². The van der Waals surface area contributed by atoms with Crippen LogP contribution in [0.3, 0.4) is 0 Å². The highest BCUT2D eigenvalue weighted by atomic mass is 35.5. The summed E-state index contributed by atoms with van der Waals surface area (Å²) in [5.41, 5.74) is 1.93. The van der Waals surface area contributed by atoms with Crippen LogP contribution in [0, 0.1) is 6.92 Å². The fourth-order valence-corrected chi connectivity index (χ4v) is 2.06. The Morgan fingerprint density at radius 2 is 2.10 bits per heavy atom. The van der Waals surface area contributed by atoms with Gasteiger partial charge in [-0.05, 0) is 49.2 Å². The van der Waals surface area contributed by atoms with E-state index in [9.17, 15) is 0 Å². The second-order valence-electron chi connectivity index (χ2n) is 4.64.